The van der Waals surface area contributed by atoms with Crippen LogP contribution in [0, 0.1) is 0 Å². The second-order valence-corrected chi connectivity index (χ2v) is 8.88. The summed E-state index contributed by atoms with van der Waals surface area (Å²) >= 11 is 7.56. The van der Waals surface area contributed by atoms with Crippen LogP contribution in [-0.4, -0.2) is 52.7 Å². The van der Waals surface area contributed by atoms with E-state index in [0.717, 1.165) is 39.7 Å². The summed E-state index contributed by atoms with van der Waals surface area (Å²) in [4.78, 5) is 26.4. The molecular weight excluding hydrogens is 444 g/mol. The highest BCUT2D eigenvalue weighted by atomic mass is 35.5. The number of nitrogens with zero attached hydrogens (tertiary/aromatic N) is 4. The second kappa shape index (κ2) is 9.22. The summed E-state index contributed by atoms with van der Waals surface area (Å²) in [5.41, 5.74) is 1.93. The van der Waals surface area contributed by atoms with Crippen molar-refractivity contribution in [2.45, 2.75) is 5.03 Å². The van der Waals surface area contributed by atoms with Gasteiger partial charge in [0.15, 0.2) is 11.6 Å². The number of hydrogen-bond acceptors (Lipinski definition) is 6. The van der Waals surface area contributed by atoms with Crippen molar-refractivity contribution in [2.24, 2.45) is 0 Å². The van der Waals surface area contributed by atoms with E-state index in [0.29, 0.717) is 30.4 Å². The number of carbonyl (C=O) groups excluding carboxylic acids is 1. The first-order chi connectivity index (χ1) is 15.7. The Balaban J connectivity index is 1.26. The number of fused-ring (bicyclic) bond motifs is 1. The van der Waals surface area contributed by atoms with Crippen LogP contribution in [0.2, 0.25) is 5.02 Å². The molecule has 0 atom stereocenters. The molecule has 8 heteroatoms. The molecule has 5 rings (SSSR count). The third-order valence-electron chi connectivity index (χ3n) is 5.45. The fraction of sp³-hybridized carbons (Fsp3) is 0.208. The van der Waals surface area contributed by atoms with Crippen LogP contribution >= 0.6 is 23.4 Å². The van der Waals surface area contributed by atoms with E-state index in [9.17, 15) is 4.79 Å². The van der Waals surface area contributed by atoms with Gasteiger partial charge in [0.2, 0.25) is 5.91 Å². The molecule has 1 aliphatic rings. The maximum Gasteiger partial charge on any atom is 0.233 e. The molecule has 32 heavy (non-hydrogen) atoms. The lowest BCUT2D eigenvalue weighted by Gasteiger charge is -2.36. The zero-order valence-electron chi connectivity index (χ0n) is 17.3. The Labute approximate surface area is 195 Å². The average Bonchev–Trinajstić information content (AvgIpc) is 3.37. The molecule has 0 aliphatic carbocycles. The molecule has 2 aromatic carbocycles. The van der Waals surface area contributed by atoms with E-state index >= 15 is 0 Å². The molecule has 4 aromatic rings. The predicted octanol–water partition coefficient (Wildman–Crippen LogP) is 4.98. The Morgan fingerprint density at radius 2 is 1.84 bits per heavy atom. The number of benzene rings is 2. The molecule has 0 spiro atoms. The van der Waals surface area contributed by atoms with Gasteiger partial charge in [-0.1, -0.05) is 47.6 Å². The van der Waals surface area contributed by atoms with Gasteiger partial charge in [-0.3, -0.25) is 4.79 Å². The number of thioether (sulfide) groups is 1. The summed E-state index contributed by atoms with van der Waals surface area (Å²) in [7, 11) is 0. The van der Waals surface area contributed by atoms with Gasteiger partial charge in [-0.2, -0.15) is 0 Å². The van der Waals surface area contributed by atoms with E-state index in [4.69, 9.17) is 16.0 Å². The third kappa shape index (κ3) is 4.45. The first-order valence-corrected chi connectivity index (χ1v) is 11.8. The third-order valence-corrected chi connectivity index (χ3v) is 6.66. The Kier molecular flexibility index (Phi) is 6.01. The number of rotatable bonds is 5. The number of anilines is 1. The van der Waals surface area contributed by atoms with Crippen molar-refractivity contribution >= 4 is 45.9 Å². The highest BCUT2D eigenvalue weighted by Crippen LogP contribution is 2.29. The van der Waals surface area contributed by atoms with Gasteiger partial charge in [-0.25, -0.2) is 9.97 Å². The number of halogens is 1. The summed E-state index contributed by atoms with van der Waals surface area (Å²) in [5.74, 6) is 1.58. The van der Waals surface area contributed by atoms with Gasteiger partial charge < -0.3 is 14.2 Å². The average molecular weight is 465 g/mol. The quantitative estimate of drug-likeness (QED) is 0.306. The van der Waals surface area contributed by atoms with E-state index < -0.39 is 0 Å². The SMILES string of the molecule is O=C(CSc1nc(-c2ccco2)nc2ccccc12)N1CCN(c2cccc(Cl)c2)CC1. The van der Waals surface area contributed by atoms with Gasteiger partial charge in [0, 0.05) is 42.3 Å². The molecule has 162 valence electrons. The summed E-state index contributed by atoms with van der Waals surface area (Å²) < 4.78 is 5.48. The molecule has 0 radical (unpaired) electrons. The Hall–Kier alpha value is -3.03. The van der Waals surface area contributed by atoms with Crippen LogP contribution in [0.1, 0.15) is 0 Å². The van der Waals surface area contributed by atoms with Gasteiger partial charge in [0.1, 0.15) is 5.03 Å². The summed E-state index contributed by atoms with van der Waals surface area (Å²) in [6.07, 6.45) is 1.60. The van der Waals surface area contributed by atoms with Gasteiger partial charge in [-0.05, 0) is 36.4 Å². The van der Waals surface area contributed by atoms with Crippen LogP contribution in [0.15, 0.2) is 76.4 Å². The monoisotopic (exact) mass is 464 g/mol. The first kappa shape index (κ1) is 20.8. The van der Waals surface area contributed by atoms with Crippen molar-refractivity contribution in [3.8, 4) is 11.6 Å². The molecule has 1 aliphatic heterocycles. The van der Waals surface area contributed by atoms with E-state index in [1.54, 1.807) is 6.26 Å². The number of para-hydroxylation sites is 1. The Morgan fingerprint density at radius 1 is 1.00 bits per heavy atom. The van der Waals surface area contributed by atoms with E-state index in [2.05, 4.69) is 20.9 Å². The van der Waals surface area contributed by atoms with Gasteiger partial charge in [0.05, 0.1) is 17.5 Å². The van der Waals surface area contributed by atoms with Crippen LogP contribution in [0.3, 0.4) is 0 Å². The fourth-order valence-electron chi connectivity index (χ4n) is 3.78. The number of aromatic nitrogens is 2. The number of furan rings is 1. The first-order valence-electron chi connectivity index (χ1n) is 10.4. The lowest BCUT2D eigenvalue weighted by atomic mass is 10.2. The van der Waals surface area contributed by atoms with Crippen molar-refractivity contribution in [3.05, 3.63) is 71.9 Å². The van der Waals surface area contributed by atoms with E-state index in [1.165, 1.54) is 11.8 Å². The summed E-state index contributed by atoms with van der Waals surface area (Å²) in [5, 5.41) is 2.45. The van der Waals surface area contributed by atoms with Crippen molar-refractivity contribution in [2.75, 3.05) is 36.8 Å². The highest BCUT2D eigenvalue weighted by molar-refractivity contribution is 8.00. The lowest BCUT2D eigenvalue weighted by molar-refractivity contribution is -0.128. The highest BCUT2D eigenvalue weighted by Gasteiger charge is 2.22. The van der Waals surface area contributed by atoms with Crippen LogP contribution in [0.5, 0.6) is 0 Å². The largest absolute Gasteiger partial charge is 0.461 e. The molecule has 0 bridgehead atoms. The van der Waals surface area contributed by atoms with E-state index in [-0.39, 0.29) is 5.91 Å². The zero-order chi connectivity index (χ0) is 21.9. The Bertz CT molecular complexity index is 1240. The van der Waals surface area contributed by atoms with Crippen LogP contribution in [0.25, 0.3) is 22.5 Å². The molecule has 2 aromatic heterocycles. The van der Waals surface area contributed by atoms with Crippen LogP contribution in [0.4, 0.5) is 5.69 Å². The Morgan fingerprint density at radius 3 is 2.62 bits per heavy atom. The number of amides is 1. The van der Waals surface area contributed by atoms with Crippen molar-refractivity contribution in [1.29, 1.82) is 0 Å². The minimum Gasteiger partial charge on any atom is -0.461 e. The molecule has 1 saturated heterocycles. The maximum atomic E-state index is 12.9. The number of hydrogen-bond donors (Lipinski definition) is 0. The number of carbonyl (C=O) groups is 1. The van der Waals surface area contributed by atoms with Gasteiger partial charge in [-0.15, -0.1) is 0 Å². The van der Waals surface area contributed by atoms with Crippen molar-refractivity contribution in [3.63, 3.8) is 0 Å². The minimum atomic E-state index is 0.114. The molecule has 0 N–H and O–H groups in total. The molecule has 6 nitrogen and oxygen atoms in total. The molecule has 0 unspecified atom stereocenters. The normalized spacial score (nSPS) is 14.2. The van der Waals surface area contributed by atoms with Crippen LogP contribution in [-0.2, 0) is 4.79 Å². The smallest absolute Gasteiger partial charge is 0.233 e. The molecule has 1 fully saturated rings. The second-order valence-electron chi connectivity index (χ2n) is 7.48. The lowest BCUT2D eigenvalue weighted by Crippen LogP contribution is -2.49. The molecular formula is C24H21ClN4O2S. The fourth-order valence-corrected chi connectivity index (χ4v) is 4.89. The zero-order valence-corrected chi connectivity index (χ0v) is 18.9. The standard InChI is InChI=1S/C24H21ClN4O2S/c25-17-5-3-6-18(15-17)28-10-12-29(13-11-28)22(30)16-32-24-19-7-1-2-8-20(19)26-23(27-24)21-9-4-14-31-21/h1-9,14-15H,10-13,16H2. The minimum absolute atomic E-state index is 0.114. The predicted molar refractivity (Wildman–Crippen MR) is 128 cm³/mol. The topological polar surface area (TPSA) is 62.5 Å². The molecule has 0 saturated carbocycles. The van der Waals surface area contributed by atoms with Crippen molar-refractivity contribution in [1.82, 2.24) is 14.9 Å². The molecule has 3 heterocycles. The maximum absolute atomic E-state index is 12.9. The van der Waals surface area contributed by atoms with Gasteiger partial charge in [0.25, 0.3) is 0 Å². The summed E-state index contributed by atoms with van der Waals surface area (Å²) in [6.45, 7) is 2.95. The van der Waals surface area contributed by atoms with Crippen LogP contribution < -0.4 is 4.90 Å². The number of piperazine rings is 1. The molecule has 1 amide bonds. The summed E-state index contributed by atoms with van der Waals surface area (Å²) in [6, 6.07) is 19.3. The van der Waals surface area contributed by atoms with Crippen molar-refractivity contribution < 1.29 is 9.21 Å². The van der Waals surface area contributed by atoms with E-state index in [1.807, 2.05) is 59.5 Å². The van der Waals surface area contributed by atoms with Gasteiger partial charge >= 0.3 is 0 Å².